The van der Waals surface area contributed by atoms with Crippen LogP contribution in [-0.4, -0.2) is 21.9 Å². The van der Waals surface area contributed by atoms with Gasteiger partial charge in [-0.15, -0.1) is 0 Å². The van der Waals surface area contributed by atoms with Gasteiger partial charge >= 0.3 is 0 Å². The molecule has 1 unspecified atom stereocenters. The van der Waals surface area contributed by atoms with Gasteiger partial charge in [0, 0.05) is 0 Å². The summed E-state index contributed by atoms with van der Waals surface area (Å²) in [6.07, 6.45) is 8.46. The maximum Gasteiger partial charge on any atom is 0.0656 e. The Labute approximate surface area is 136 Å². The van der Waals surface area contributed by atoms with E-state index < -0.39 is 5.60 Å². The molecule has 2 aliphatic rings. The summed E-state index contributed by atoms with van der Waals surface area (Å²) in [5, 5.41) is 21.5. The fourth-order valence-electron chi connectivity index (χ4n) is 5.43. The minimum absolute atomic E-state index is 0.0705. The fraction of sp³-hybridized carbons (Fsp3) is 0.800. The van der Waals surface area contributed by atoms with Crippen molar-refractivity contribution in [1.82, 2.24) is 0 Å². The van der Waals surface area contributed by atoms with Gasteiger partial charge in [-0.25, -0.2) is 0 Å². The molecule has 126 valence electrons. The van der Waals surface area contributed by atoms with Gasteiger partial charge in [-0.1, -0.05) is 45.1 Å². The minimum atomic E-state index is -0.623. The highest BCUT2D eigenvalue weighted by Gasteiger charge is 2.59. The van der Waals surface area contributed by atoms with Crippen LogP contribution in [0, 0.1) is 22.7 Å². The van der Waals surface area contributed by atoms with E-state index in [1.807, 2.05) is 13.0 Å². The topological polar surface area (TPSA) is 40.5 Å². The Morgan fingerprint density at radius 1 is 1.18 bits per heavy atom. The first-order valence-corrected chi connectivity index (χ1v) is 8.75. The average Bonchev–Trinajstić information content (AvgIpc) is 2.41. The quantitative estimate of drug-likeness (QED) is 0.755. The van der Waals surface area contributed by atoms with Gasteiger partial charge in [0.25, 0.3) is 0 Å². The molecule has 0 saturated heterocycles. The van der Waals surface area contributed by atoms with Crippen LogP contribution in [0.3, 0.4) is 0 Å². The molecule has 5 atom stereocenters. The number of fused-ring (bicyclic) bond motifs is 1. The normalized spacial score (nSPS) is 45.2. The third kappa shape index (κ3) is 2.80. The molecule has 0 bridgehead atoms. The van der Waals surface area contributed by atoms with Crippen LogP contribution in [0.1, 0.15) is 66.7 Å². The summed E-state index contributed by atoms with van der Waals surface area (Å²) in [5.41, 5.74) is 0.569. The van der Waals surface area contributed by atoms with Crippen LogP contribution in [0.4, 0.5) is 0 Å². The number of aliphatic hydroxyl groups is 2. The summed E-state index contributed by atoms with van der Waals surface area (Å²) < 4.78 is 0. The van der Waals surface area contributed by atoms with Crippen molar-refractivity contribution in [1.29, 1.82) is 0 Å². The highest BCUT2D eigenvalue weighted by Crippen LogP contribution is 2.62. The molecule has 0 aliphatic heterocycles. The standard InChI is InChI=1S/C20H34O2/c1-7-14(2)8-9-16-19(5)12-11-17(21)18(3,4)15(19)10-13-20(16,6)22/h7-8,15-17,21-22H,1,9-13H2,2-6H3/b14-8+/t15-,16+,17?,19-,20+/m0/s1. The molecular weight excluding hydrogens is 272 g/mol. The molecule has 0 spiro atoms. The molecule has 2 rings (SSSR count). The third-order valence-electron chi connectivity index (χ3n) is 6.99. The van der Waals surface area contributed by atoms with Crippen molar-refractivity contribution in [3.8, 4) is 0 Å². The fourth-order valence-corrected chi connectivity index (χ4v) is 5.43. The van der Waals surface area contributed by atoms with Crippen LogP contribution in [0.15, 0.2) is 24.3 Å². The molecule has 2 fully saturated rings. The molecule has 2 heteroatoms. The van der Waals surface area contributed by atoms with Crippen molar-refractivity contribution in [2.45, 2.75) is 78.4 Å². The van der Waals surface area contributed by atoms with Crippen molar-refractivity contribution in [2.75, 3.05) is 0 Å². The predicted octanol–water partition coefficient (Wildman–Crippen LogP) is 4.47. The van der Waals surface area contributed by atoms with Gasteiger partial charge in [-0.05, 0) is 68.6 Å². The Kier molecular flexibility index (Phi) is 4.68. The highest BCUT2D eigenvalue weighted by molar-refractivity contribution is 5.16. The molecule has 2 N–H and O–H groups in total. The van der Waals surface area contributed by atoms with E-state index in [0.29, 0.717) is 5.92 Å². The van der Waals surface area contributed by atoms with Crippen LogP contribution >= 0.6 is 0 Å². The number of allylic oxidation sites excluding steroid dienone is 3. The van der Waals surface area contributed by atoms with Crippen LogP contribution in [0.2, 0.25) is 0 Å². The lowest BCUT2D eigenvalue weighted by Crippen LogP contribution is -2.60. The van der Waals surface area contributed by atoms with Crippen molar-refractivity contribution in [3.05, 3.63) is 24.3 Å². The highest BCUT2D eigenvalue weighted by atomic mass is 16.3. The van der Waals surface area contributed by atoms with E-state index in [2.05, 4.69) is 40.3 Å². The Bertz CT molecular complexity index is 460. The smallest absolute Gasteiger partial charge is 0.0656 e. The first kappa shape index (κ1) is 17.7. The van der Waals surface area contributed by atoms with Gasteiger partial charge < -0.3 is 10.2 Å². The number of hydrogen-bond acceptors (Lipinski definition) is 2. The summed E-state index contributed by atoms with van der Waals surface area (Å²) in [5.74, 6) is 0.701. The number of rotatable bonds is 3. The summed E-state index contributed by atoms with van der Waals surface area (Å²) in [6.45, 7) is 14.7. The lowest BCUT2D eigenvalue weighted by atomic mass is 9.44. The average molecular weight is 306 g/mol. The summed E-state index contributed by atoms with van der Waals surface area (Å²) >= 11 is 0. The van der Waals surface area contributed by atoms with Crippen LogP contribution in [0.5, 0.6) is 0 Å². The molecule has 0 aromatic rings. The maximum atomic E-state index is 11.0. The molecule has 2 aliphatic carbocycles. The molecule has 0 aromatic carbocycles. The van der Waals surface area contributed by atoms with Crippen molar-refractivity contribution in [3.63, 3.8) is 0 Å². The Hall–Kier alpha value is -0.600. The second-order valence-electron chi connectivity index (χ2n) is 8.77. The zero-order valence-electron chi connectivity index (χ0n) is 15.0. The van der Waals surface area contributed by atoms with E-state index in [9.17, 15) is 10.2 Å². The van der Waals surface area contributed by atoms with E-state index in [4.69, 9.17) is 0 Å². The van der Waals surface area contributed by atoms with Gasteiger partial charge in [0.2, 0.25) is 0 Å². The van der Waals surface area contributed by atoms with Crippen LogP contribution in [-0.2, 0) is 0 Å². The van der Waals surface area contributed by atoms with Gasteiger partial charge in [0.15, 0.2) is 0 Å². The molecule has 22 heavy (non-hydrogen) atoms. The lowest BCUT2D eigenvalue weighted by molar-refractivity contribution is -0.193. The van der Waals surface area contributed by atoms with Crippen molar-refractivity contribution >= 4 is 0 Å². The molecular formula is C20H34O2. The van der Waals surface area contributed by atoms with E-state index in [-0.39, 0.29) is 22.9 Å². The molecule has 0 aromatic heterocycles. The van der Waals surface area contributed by atoms with Gasteiger partial charge in [-0.2, -0.15) is 0 Å². The van der Waals surface area contributed by atoms with Crippen LogP contribution < -0.4 is 0 Å². The zero-order valence-corrected chi connectivity index (χ0v) is 15.0. The molecule has 0 radical (unpaired) electrons. The van der Waals surface area contributed by atoms with E-state index in [1.54, 1.807) is 0 Å². The molecule has 0 amide bonds. The maximum absolute atomic E-state index is 11.0. The van der Waals surface area contributed by atoms with Gasteiger partial charge in [0.05, 0.1) is 11.7 Å². The Balaban J connectivity index is 2.37. The molecule has 2 saturated carbocycles. The third-order valence-corrected chi connectivity index (χ3v) is 6.99. The SMILES string of the molecule is C=C/C(C)=C/C[C@@H]1[C@@]2(C)CCC(O)C(C)(C)[C@@H]2CC[C@@]1(C)O. The second kappa shape index (κ2) is 5.79. The van der Waals surface area contributed by atoms with E-state index in [0.717, 1.165) is 32.1 Å². The summed E-state index contributed by atoms with van der Waals surface area (Å²) in [4.78, 5) is 0. The molecule has 0 heterocycles. The summed E-state index contributed by atoms with van der Waals surface area (Å²) in [6, 6.07) is 0. The minimum Gasteiger partial charge on any atom is -0.393 e. The van der Waals surface area contributed by atoms with E-state index >= 15 is 0 Å². The van der Waals surface area contributed by atoms with E-state index in [1.165, 1.54) is 5.57 Å². The van der Waals surface area contributed by atoms with Crippen molar-refractivity contribution < 1.29 is 10.2 Å². The second-order valence-corrected chi connectivity index (χ2v) is 8.77. The predicted molar refractivity (Wildman–Crippen MR) is 92.5 cm³/mol. The lowest BCUT2D eigenvalue weighted by Gasteiger charge is -2.62. The Morgan fingerprint density at radius 2 is 1.82 bits per heavy atom. The largest absolute Gasteiger partial charge is 0.393 e. The number of hydrogen-bond donors (Lipinski definition) is 2. The Morgan fingerprint density at radius 3 is 2.41 bits per heavy atom. The number of aliphatic hydroxyl groups excluding tert-OH is 1. The summed E-state index contributed by atoms with van der Waals surface area (Å²) in [7, 11) is 0. The van der Waals surface area contributed by atoms with Gasteiger partial charge in [0.1, 0.15) is 0 Å². The molecule has 2 nitrogen and oxygen atoms in total. The first-order chi connectivity index (χ1) is 10.1. The van der Waals surface area contributed by atoms with Crippen LogP contribution in [0.25, 0.3) is 0 Å². The van der Waals surface area contributed by atoms with Crippen molar-refractivity contribution in [2.24, 2.45) is 22.7 Å². The zero-order chi connectivity index (χ0) is 16.8. The van der Waals surface area contributed by atoms with Gasteiger partial charge in [-0.3, -0.25) is 0 Å². The first-order valence-electron chi connectivity index (χ1n) is 8.75. The monoisotopic (exact) mass is 306 g/mol.